The van der Waals surface area contributed by atoms with Crippen molar-refractivity contribution in [3.05, 3.63) is 82.2 Å². The summed E-state index contributed by atoms with van der Waals surface area (Å²) >= 11 is 6.90. The van der Waals surface area contributed by atoms with Crippen LogP contribution in [0.15, 0.2) is 58.5 Å². The van der Waals surface area contributed by atoms with E-state index in [1.54, 1.807) is 18.2 Å². The summed E-state index contributed by atoms with van der Waals surface area (Å²) in [5.41, 5.74) is -0.0597. The van der Waals surface area contributed by atoms with Crippen molar-refractivity contribution in [2.45, 2.75) is 23.4 Å². The molecule has 0 fully saturated rings. The van der Waals surface area contributed by atoms with Gasteiger partial charge in [0.25, 0.3) is 11.8 Å². The van der Waals surface area contributed by atoms with Gasteiger partial charge in [-0.3, -0.25) is 9.59 Å². The number of halogens is 5. The van der Waals surface area contributed by atoms with E-state index in [9.17, 15) is 27.2 Å². The zero-order valence-corrected chi connectivity index (χ0v) is 18.7. The van der Waals surface area contributed by atoms with Gasteiger partial charge in [0.15, 0.2) is 0 Å². The molecule has 2 atom stereocenters. The molecule has 1 aliphatic carbocycles. The highest BCUT2D eigenvalue weighted by atomic mass is 35.5. The minimum atomic E-state index is -2.20. The van der Waals surface area contributed by atoms with E-state index in [-0.39, 0.29) is 18.0 Å². The van der Waals surface area contributed by atoms with Gasteiger partial charge in [-0.25, -0.2) is 17.6 Å². The lowest BCUT2D eigenvalue weighted by atomic mass is 10.1. The zero-order valence-electron chi connectivity index (χ0n) is 17.2. The Morgan fingerprint density at radius 3 is 2.55 bits per heavy atom. The number of fused-ring (bicyclic) bond motifs is 1. The molecule has 33 heavy (non-hydrogen) atoms. The number of amides is 2. The Morgan fingerprint density at radius 2 is 1.91 bits per heavy atom. The number of carbonyl (C=O) groups is 2. The highest BCUT2D eigenvalue weighted by Gasteiger charge is 2.45. The molecule has 1 aliphatic heterocycles. The fraction of sp³-hybridized carbons (Fsp3) is 0.217. The monoisotopic (exact) mass is 496 g/mol. The van der Waals surface area contributed by atoms with Crippen molar-refractivity contribution in [2.75, 3.05) is 11.4 Å². The zero-order chi connectivity index (χ0) is 23.9. The van der Waals surface area contributed by atoms with Gasteiger partial charge in [-0.15, -0.1) is 0 Å². The smallest absolute Gasteiger partial charge is 0.275 e. The lowest BCUT2D eigenvalue weighted by Gasteiger charge is -2.36. The summed E-state index contributed by atoms with van der Waals surface area (Å²) in [7, 11) is 0. The van der Waals surface area contributed by atoms with E-state index in [0.717, 1.165) is 11.8 Å². The first-order valence-electron chi connectivity index (χ1n) is 9.86. The number of allylic oxidation sites excluding steroid dienone is 2. The topological polar surface area (TPSA) is 49.4 Å². The van der Waals surface area contributed by atoms with Gasteiger partial charge in [0.05, 0.1) is 5.69 Å². The van der Waals surface area contributed by atoms with Crippen molar-refractivity contribution >= 4 is 40.9 Å². The van der Waals surface area contributed by atoms with Gasteiger partial charge in [-0.05, 0) is 31.2 Å². The SMILES string of the molecule is CC1(F)Sc2ccc(C(=O)NCc3c(F)cc(F)cc3F)cc2N(CC2C=CC=C2Cl)C1=O. The number of benzene rings is 2. The normalized spacial score (nSPS) is 21.8. The second-order valence-corrected chi connectivity index (χ2v) is 9.54. The van der Waals surface area contributed by atoms with Crippen molar-refractivity contribution in [1.82, 2.24) is 5.32 Å². The molecule has 172 valence electrons. The van der Waals surface area contributed by atoms with E-state index < -0.39 is 46.4 Å². The molecule has 0 bridgehead atoms. The van der Waals surface area contributed by atoms with Crippen LogP contribution in [-0.4, -0.2) is 23.4 Å². The summed E-state index contributed by atoms with van der Waals surface area (Å²) in [5, 5.41) is 0.677. The number of alkyl halides is 1. The molecule has 0 spiro atoms. The van der Waals surface area contributed by atoms with E-state index in [0.29, 0.717) is 27.7 Å². The molecule has 2 aromatic rings. The lowest BCUT2D eigenvalue weighted by molar-refractivity contribution is -0.124. The highest BCUT2D eigenvalue weighted by Crippen LogP contribution is 2.47. The molecule has 10 heteroatoms. The molecular formula is C23H17ClF4N2O2S. The van der Waals surface area contributed by atoms with Crippen LogP contribution < -0.4 is 10.2 Å². The predicted molar refractivity (Wildman–Crippen MR) is 118 cm³/mol. The molecule has 4 nitrogen and oxygen atoms in total. The number of carbonyl (C=O) groups excluding carboxylic acids is 2. The predicted octanol–water partition coefficient (Wildman–Crippen LogP) is 5.47. The summed E-state index contributed by atoms with van der Waals surface area (Å²) in [6, 6.07) is 5.39. The third-order valence-electron chi connectivity index (χ3n) is 5.30. The van der Waals surface area contributed by atoms with Crippen LogP contribution in [0.25, 0.3) is 0 Å². The summed E-state index contributed by atoms with van der Waals surface area (Å²) < 4.78 is 55.7. The fourth-order valence-electron chi connectivity index (χ4n) is 3.59. The van der Waals surface area contributed by atoms with E-state index >= 15 is 0 Å². The molecule has 0 saturated carbocycles. The summed E-state index contributed by atoms with van der Waals surface area (Å²) in [4.78, 5) is 27.2. The van der Waals surface area contributed by atoms with Crippen molar-refractivity contribution in [3.63, 3.8) is 0 Å². The maximum Gasteiger partial charge on any atom is 0.275 e. The number of hydrogen-bond donors (Lipinski definition) is 1. The minimum absolute atomic E-state index is 0.0782. The Labute approximate surface area is 196 Å². The van der Waals surface area contributed by atoms with Crippen LogP contribution in [0.3, 0.4) is 0 Å². The van der Waals surface area contributed by atoms with Gasteiger partial charge >= 0.3 is 0 Å². The Morgan fingerprint density at radius 1 is 1.21 bits per heavy atom. The summed E-state index contributed by atoms with van der Waals surface area (Å²) in [5.74, 6) is -5.08. The number of hydrogen-bond acceptors (Lipinski definition) is 3. The third-order valence-corrected chi connectivity index (χ3v) is 6.83. The Hall–Kier alpha value is -2.78. The minimum Gasteiger partial charge on any atom is -0.348 e. The van der Waals surface area contributed by atoms with E-state index in [1.165, 1.54) is 30.0 Å². The summed E-state index contributed by atoms with van der Waals surface area (Å²) in [6.45, 7) is 0.736. The van der Waals surface area contributed by atoms with Gasteiger partial charge < -0.3 is 10.2 Å². The van der Waals surface area contributed by atoms with Crippen LogP contribution in [-0.2, 0) is 11.3 Å². The largest absolute Gasteiger partial charge is 0.348 e. The molecule has 1 N–H and O–H groups in total. The Balaban J connectivity index is 1.59. The molecule has 2 unspecified atom stereocenters. The first-order chi connectivity index (χ1) is 15.6. The maximum absolute atomic E-state index is 15.0. The van der Waals surface area contributed by atoms with Gasteiger partial charge in [-0.2, -0.15) is 0 Å². The van der Waals surface area contributed by atoms with Gasteiger partial charge in [0.1, 0.15) is 17.5 Å². The molecule has 2 aromatic carbocycles. The van der Waals surface area contributed by atoms with E-state index in [4.69, 9.17) is 11.6 Å². The molecule has 0 radical (unpaired) electrons. The number of anilines is 1. The number of nitrogens with one attached hydrogen (secondary N) is 1. The number of thioether (sulfide) groups is 1. The van der Waals surface area contributed by atoms with Crippen LogP contribution in [0.1, 0.15) is 22.8 Å². The first-order valence-corrected chi connectivity index (χ1v) is 11.1. The first kappa shape index (κ1) is 23.4. The number of nitrogens with zero attached hydrogens (tertiary/aromatic N) is 1. The number of rotatable bonds is 5. The molecule has 1 heterocycles. The van der Waals surface area contributed by atoms with Crippen molar-refractivity contribution in [1.29, 1.82) is 0 Å². The average molecular weight is 497 g/mol. The Kier molecular flexibility index (Phi) is 6.28. The lowest BCUT2D eigenvalue weighted by Crippen LogP contribution is -2.47. The maximum atomic E-state index is 15.0. The molecule has 2 aliphatic rings. The average Bonchev–Trinajstić information content (AvgIpc) is 3.14. The van der Waals surface area contributed by atoms with Crippen molar-refractivity contribution < 1.29 is 27.2 Å². The van der Waals surface area contributed by atoms with Crippen LogP contribution in [0.2, 0.25) is 0 Å². The second-order valence-electron chi connectivity index (χ2n) is 7.69. The van der Waals surface area contributed by atoms with Crippen molar-refractivity contribution in [2.24, 2.45) is 5.92 Å². The molecule has 2 amide bonds. The van der Waals surface area contributed by atoms with Crippen LogP contribution in [0.5, 0.6) is 0 Å². The second kappa shape index (κ2) is 8.87. The fourth-order valence-corrected chi connectivity index (χ4v) is 4.83. The molecule has 4 rings (SSSR count). The Bertz CT molecular complexity index is 1190. The van der Waals surface area contributed by atoms with Crippen LogP contribution >= 0.6 is 23.4 Å². The van der Waals surface area contributed by atoms with Crippen LogP contribution in [0.4, 0.5) is 23.2 Å². The highest BCUT2D eigenvalue weighted by molar-refractivity contribution is 8.01. The van der Waals surface area contributed by atoms with Gasteiger partial charge in [0, 0.05) is 52.2 Å². The van der Waals surface area contributed by atoms with E-state index in [2.05, 4.69) is 5.32 Å². The molecule has 0 saturated heterocycles. The summed E-state index contributed by atoms with van der Waals surface area (Å²) in [6.07, 6.45) is 5.21. The van der Waals surface area contributed by atoms with Crippen molar-refractivity contribution in [3.8, 4) is 0 Å². The third kappa shape index (κ3) is 4.65. The van der Waals surface area contributed by atoms with Gasteiger partial charge in [0.2, 0.25) is 5.00 Å². The molecular weight excluding hydrogens is 480 g/mol. The quantitative estimate of drug-likeness (QED) is 0.559. The molecule has 0 aromatic heterocycles. The van der Waals surface area contributed by atoms with E-state index in [1.807, 2.05) is 0 Å². The van der Waals surface area contributed by atoms with Crippen LogP contribution in [0, 0.1) is 23.4 Å². The van der Waals surface area contributed by atoms with Gasteiger partial charge in [-0.1, -0.05) is 35.5 Å². The standard InChI is InChI=1S/C23H17ClF4N2O2S/c1-23(28)22(32)30(11-13-3-2-4-16(13)24)19-7-12(5-6-20(19)33-23)21(31)29-10-15-17(26)8-14(25)9-18(15)27/h2-9,13H,10-11H2,1H3,(H,29,31).